The number of amides is 1. The number of rotatable bonds is 3. The Morgan fingerprint density at radius 3 is 2.90 bits per heavy atom. The lowest BCUT2D eigenvalue weighted by molar-refractivity contribution is -0.385. The summed E-state index contributed by atoms with van der Waals surface area (Å²) in [5.41, 5.74) is 5.82. The van der Waals surface area contributed by atoms with Crippen molar-refractivity contribution in [2.45, 2.75) is 32.4 Å². The van der Waals surface area contributed by atoms with Gasteiger partial charge in [-0.25, -0.2) is 0 Å². The minimum atomic E-state index is -0.558. The second-order valence-corrected chi connectivity index (χ2v) is 5.20. The molecule has 21 heavy (non-hydrogen) atoms. The van der Waals surface area contributed by atoms with E-state index in [9.17, 15) is 14.9 Å². The van der Waals surface area contributed by atoms with E-state index in [-0.39, 0.29) is 29.3 Å². The highest BCUT2D eigenvalue weighted by molar-refractivity contribution is 5.99. The van der Waals surface area contributed by atoms with E-state index in [1.165, 1.54) is 18.2 Å². The first kappa shape index (κ1) is 15.2. The highest BCUT2D eigenvalue weighted by atomic mass is 16.6. The molecule has 1 aromatic rings. The number of ether oxygens (including phenoxy) is 1. The van der Waals surface area contributed by atoms with E-state index in [1.54, 1.807) is 4.90 Å². The smallest absolute Gasteiger partial charge is 0.282 e. The van der Waals surface area contributed by atoms with Crippen LogP contribution in [0.4, 0.5) is 11.4 Å². The Labute approximate surface area is 122 Å². The van der Waals surface area contributed by atoms with Crippen LogP contribution < -0.4 is 5.73 Å². The molecule has 0 radical (unpaired) electrons. The molecule has 114 valence electrons. The Kier molecular flexibility index (Phi) is 4.42. The summed E-state index contributed by atoms with van der Waals surface area (Å²) in [5, 5.41) is 11.1. The van der Waals surface area contributed by atoms with E-state index >= 15 is 0 Å². The van der Waals surface area contributed by atoms with Crippen LogP contribution in [0.2, 0.25) is 0 Å². The van der Waals surface area contributed by atoms with Gasteiger partial charge in [0.15, 0.2) is 0 Å². The molecule has 1 aromatic carbocycles. The average molecular weight is 293 g/mol. The van der Waals surface area contributed by atoms with Crippen molar-refractivity contribution in [3.63, 3.8) is 0 Å². The van der Waals surface area contributed by atoms with Gasteiger partial charge in [0.1, 0.15) is 5.56 Å². The van der Waals surface area contributed by atoms with Crippen molar-refractivity contribution >= 4 is 17.3 Å². The number of benzene rings is 1. The number of carbonyl (C=O) groups excluding carboxylic acids is 1. The van der Waals surface area contributed by atoms with Crippen molar-refractivity contribution < 1.29 is 14.5 Å². The molecular weight excluding hydrogens is 274 g/mol. The van der Waals surface area contributed by atoms with Crippen LogP contribution in [0.25, 0.3) is 0 Å². The Balaban J connectivity index is 2.38. The van der Waals surface area contributed by atoms with Crippen LogP contribution in [0.15, 0.2) is 18.2 Å². The number of hydrogen-bond donors (Lipinski definition) is 1. The highest BCUT2D eigenvalue weighted by Crippen LogP contribution is 2.25. The summed E-state index contributed by atoms with van der Waals surface area (Å²) >= 11 is 0. The number of hydrogen-bond acceptors (Lipinski definition) is 5. The van der Waals surface area contributed by atoms with Crippen LogP contribution >= 0.6 is 0 Å². The second-order valence-electron chi connectivity index (χ2n) is 5.20. The summed E-state index contributed by atoms with van der Waals surface area (Å²) < 4.78 is 5.55. The van der Waals surface area contributed by atoms with Gasteiger partial charge in [0.2, 0.25) is 0 Å². The van der Waals surface area contributed by atoms with Crippen LogP contribution in [0.1, 0.15) is 30.6 Å². The lowest BCUT2D eigenvalue weighted by atomic mass is 10.1. The molecular formula is C14H19N3O4. The Bertz CT molecular complexity index is 561. The van der Waals surface area contributed by atoms with E-state index in [4.69, 9.17) is 10.5 Å². The predicted octanol–water partition coefficient (Wildman–Crippen LogP) is 1.82. The third-order valence-electron chi connectivity index (χ3n) is 3.65. The van der Waals surface area contributed by atoms with Crippen LogP contribution in [0.5, 0.6) is 0 Å². The van der Waals surface area contributed by atoms with Gasteiger partial charge >= 0.3 is 0 Å². The average Bonchev–Trinajstić information content (AvgIpc) is 2.46. The molecule has 2 rings (SSSR count). The zero-order valence-corrected chi connectivity index (χ0v) is 12.1. The molecule has 1 aliphatic rings. The van der Waals surface area contributed by atoms with Crippen LogP contribution in [0.3, 0.4) is 0 Å². The molecule has 1 amide bonds. The summed E-state index contributed by atoms with van der Waals surface area (Å²) in [6.45, 7) is 4.70. The number of nitrogen functional groups attached to an aromatic ring is 1. The second kappa shape index (κ2) is 6.09. The van der Waals surface area contributed by atoms with E-state index in [1.807, 2.05) is 13.8 Å². The topological polar surface area (TPSA) is 98.7 Å². The molecule has 7 heteroatoms. The zero-order valence-electron chi connectivity index (χ0n) is 12.1. The van der Waals surface area contributed by atoms with Gasteiger partial charge in [-0.3, -0.25) is 14.9 Å². The van der Waals surface area contributed by atoms with Crippen molar-refractivity contribution in [1.82, 2.24) is 4.90 Å². The van der Waals surface area contributed by atoms with E-state index < -0.39 is 4.92 Å². The van der Waals surface area contributed by atoms with Gasteiger partial charge in [-0.1, -0.05) is 6.92 Å². The standard InChI is InChI=1S/C14H19N3O4/c1-3-11-8-21-9(2)7-16(11)14(18)12-6-10(15)4-5-13(12)17(19)20/h4-6,9,11H,3,7-8,15H2,1-2H3. The number of anilines is 1. The summed E-state index contributed by atoms with van der Waals surface area (Å²) in [6, 6.07) is 3.99. The summed E-state index contributed by atoms with van der Waals surface area (Å²) in [7, 11) is 0. The SMILES string of the molecule is CCC1COC(C)CN1C(=O)c1cc(N)ccc1[N+](=O)[O-]. The third kappa shape index (κ3) is 3.13. The van der Waals surface area contributed by atoms with Gasteiger partial charge in [0.25, 0.3) is 11.6 Å². The van der Waals surface area contributed by atoms with Gasteiger partial charge in [0, 0.05) is 18.3 Å². The number of morpholine rings is 1. The first-order valence-electron chi connectivity index (χ1n) is 6.90. The molecule has 0 aliphatic carbocycles. The minimum Gasteiger partial charge on any atom is -0.399 e. The normalized spacial score (nSPS) is 22.1. The molecule has 1 heterocycles. The molecule has 2 unspecified atom stereocenters. The fourth-order valence-corrected chi connectivity index (χ4v) is 2.47. The summed E-state index contributed by atoms with van der Waals surface area (Å²) in [6.07, 6.45) is 0.644. The maximum Gasteiger partial charge on any atom is 0.282 e. The molecule has 0 aromatic heterocycles. The fourth-order valence-electron chi connectivity index (χ4n) is 2.47. The number of nitrogens with zero attached hydrogens (tertiary/aromatic N) is 2. The quantitative estimate of drug-likeness (QED) is 0.520. The van der Waals surface area contributed by atoms with Crippen molar-refractivity contribution in [2.24, 2.45) is 0 Å². The third-order valence-corrected chi connectivity index (χ3v) is 3.65. The van der Waals surface area contributed by atoms with Crippen LogP contribution in [0, 0.1) is 10.1 Å². The number of carbonyl (C=O) groups is 1. The summed E-state index contributed by atoms with van der Waals surface area (Å²) in [4.78, 5) is 24.9. The Morgan fingerprint density at radius 1 is 1.57 bits per heavy atom. The summed E-state index contributed by atoms with van der Waals surface area (Å²) in [5.74, 6) is -0.365. The first-order chi connectivity index (χ1) is 9.93. The Morgan fingerprint density at radius 2 is 2.29 bits per heavy atom. The van der Waals surface area contributed by atoms with Crippen molar-refractivity contribution in [2.75, 3.05) is 18.9 Å². The molecule has 1 fully saturated rings. The van der Waals surface area contributed by atoms with Crippen LogP contribution in [-0.4, -0.2) is 41.0 Å². The molecule has 1 saturated heterocycles. The fraction of sp³-hybridized carbons (Fsp3) is 0.500. The molecule has 7 nitrogen and oxygen atoms in total. The van der Waals surface area contributed by atoms with Gasteiger partial charge in [-0.2, -0.15) is 0 Å². The van der Waals surface area contributed by atoms with Crippen molar-refractivity contribution in [1.29, 1.82) is 0 Å². The van der Waals surface area contributed by atoms with Crippen molar-refractivity contribution in [3.05, 3.63) is 33.9 Å². The maximum atomic E-state index is 12.7. The molecule has 0 spiro atoms. The molecule has 0 bridgehead atoms. The van der Waals surface area contributed by atoms with E-state index in [0.717, 1.165) is 6.42 Å². The van der Waals surface area contributed by atoms with Gasteiger partial charge < -0.3 is 15.4 Å². The van der Waals surface area contributed by atoms with E-state index in [2.05, 4.69) is 0 Å². The van der Waals surface area contributed by atoms with E-state index in [0.29, 0.717) is 18.8 Å². The minimum absolute atomic E-state index is 0.0348. The van der Waals surface area contributed by atoms with Gasteiger partial charge in [-0.05, 0) is 25.5 Å². The Hall–Kier alpha value is -2.15. The monoisotopic (exact) mass is 293 g/mol. The highest BCUT2D eigenvalue weighted by Gasteiger charge is 2.33. The van der Waals surface area contributed by atoms with Gasteiger partial charge in [0.05, 0.1) is 23.7 Å². The zero-order chi connectivity index (χ0) is 15.6. The number of nitro groups is 1. The first-order valence-corrected chi connectivity index (χ1v) is 6.90. The van der Waals surface area contributed by atoms with Crippen LogP contribution in [-0.2, 0) is 4.74 Å². The molecule has 0 saturated carbocycles. The molecule has 2 N–H and O–H groups in total. The maximum absolute atomic E-state index is 12.7. The lowest BCUT2D eigenvalue weighted by Gasteiger charge is -2.38. The predicted molar refractivity (Wildman–Crippen MR) is 78.0 cm³/mol. The van der Waals surface area contributed by atoms with Gasteiger partial charge in [-0.15, -0.1) is 0 Å². The largest absolute Gasteiger partial charge is 0.399 e. The van der Waals surface area contributed by atoms with Crippen molar-refractivity contribution in [3.8, 4) is 0 Å². The lowest BCUT2D eigenvalue weighted by Crippen LogP contribution is -2.51. The molecule has 1 aliphatic heterocycles. The number of nitro benzene ring substituents is 1. The number of nitrogens with two attached hydrogens (primary N) is 1. The molecule has 2 atom stereocenters.